The number of pyridine rings is 2. The van der Waals surface area contributed by atoms with Crippen molar-refractivity contribution < 1.29 is 24.2 Å². The Morgan fingerprint density at radius 3 is 1.48 bits per heavy atom. The van der Waals surface area contributed by atoms with E-state index < -0.39 is 5.97 Å². The van der Waals surface area contributed by atoms with E-state index in [0.29, 0.717) is 13.2 Å². The van der Waals surface area contributed by atoms with Gasteiger partial charge in [0.25, 0.3) is 0 Å². The molecule has 0 radical (unpaired) electrons. The number of ether oxygens (including phenoxy) is 2. The summed E-state index contributed by atoms with van der Waals surface area (Å²) in [6.07, 6.45) is 6.77. The summed E-state index contributed by atoms with van der Waals surface area (Å²) in [6, 6.07) is 47.4. The first kappa shape index (κ1) is 48.1. The SMILES string of the molecule is Cc1ccc(C(N)c2ccccn2)cc1.Cc1ccc(C(NC(=O)C2CCN(CCOc3ccccc3)CC2)c2ccccn2)cc1.O=C(O)C1CCN(CCOc2ccccc2)CC1. The summed E-state index contributed by atoms with van der Waals surface area (Å²) in [6.45, 7) is 10.7. The predicted octanol–water partition coefficient (Wildman–Crippen LogP) is 8.69. The third-order valence-electron chi connectivity index (χ3n) is 11.9. The maximum atomic E-state index is 13.1. The largest absolute Gasteiger partial charge is 0.492 e. The zero-order chi connectivity index (χ0) is 45.6. The Hall–Kier alpha value is -6.40. The lowest BCUT2D eigenvalue weighted by Gasteiger charge is -2.32. The molecule has 6 aromatic rings. The van der Waals surface area contributed by atoms with Crippen molar-refractivity contribution in [3.8, 4) is 11.5 Å². The molecule has 8 rings (SSSR count). The Balaban J connectivity index is 0.000000178. The fourth-order valence-corrected chi connectivity index (χ4v) is 7.84. The van der Waals surface area contributed by atoms with Gasteiger partial charge in [-0.2, -0.15) is 0 Å². The molecule has 340 valence electrons. The fraction of sp³-hybridized carbons (Fsp3) is 0.333. The normalized spacial score (nSPS) is 15.5. The van der Waals surface area contributed by atoms with Crippen molar-refractivity contribution in [2.45, 2.75) is 51.6 Å². The zero-order valence-electron chi connectivity index (χ0n) is 37.8. The molecule has 1 amide bonds. The Bertz CT molecular complexity index is 2250. The quantitative estimate of drug-likeness (QED) is 0.0918. The number of carbonyl (C=O) groups is 2. The molecular formula is C54H64N6O5. The van der Waals surface area contributed by atoms with Gasteiger partial charge in [-0.1, -0.05) is 108 Å². The van der Waals surface area contributed by atoms with E-state index in [1.54, 1.807) is 12.4 Å². The average Bonchev–Trinajstić information content (AvgIpc) is 3.35. The molecule has 11 nitrogen and oxygen atoms in total. The first-order chi connectivity index (χ1) is 31.7. The molecule has 4 aromatic carbocycles. The summed E-state index contributed by atoms with van der Waals surface area (Å²) < 4.78 is 11.4. The number of aryl methyl sites for hydroxylation is 2. The Morgan fingerprint density at radius 2 is 1.03 bits per heavy atom. The maximum absolute atomic E-state index is 13.1. The van der Waals surface area contributed by atoms with Gasteiger partial charge in [-0.25, -0.2) is 0 Å². The summed E-state index contributed by atoms with van der Waals surface area (Å²) in [7, 11) is 0. The number of amides is 1. The van der Waals surface area contributed by atoms with Crippen LogP contribution in [-0.2, 0) is 9.59 Å². The maximum Gasteiger partial charge on any atom is 0.306 e. The number of para-hydroxylation sites is 2. The molecule has 2 aromatic heterocycles. The first-order valence-electron chi connectivity index (χ1n) is 22.8. The smallest absolute Gasteiger partial charge is 0.306 e. The lowest BCUT2D eigenvalue weighted by Crippen LogP contribution is -2.42. The lowest BCUT2D eigenvalue weighted by atomic mass is 9.94. The molecule has 2 aliphatic heterocycles. The minimum Gasteiger partial charge on any atom is -0.492 e. The van der Waals surface area contributed by atoms with Crippen LogP contribution in [0.5, 0.6) is 11.5 Å². The zero-order valence-corrected chi connectivity index (χ0v) is 37.8. The van der Waals surface area contributed by atoms with Gasteiger partial charge in [0, 0.05) is 31.4 Å². The minimum absolute atomic E-state index is 0.0259. The number of carboxylic acids is 1. The Kier molecular flexibility index (Phi) is 19.1. The highest BCUT2D eigenvalue weighted by atomic mass is 16.5. The summed E-state index contributed by atoms with van der Waals surface area (Å²) in [4.78, 5) is 37.4. The van der Waals surface area contributed by atoms with Crippen LogP contribution in [0.15, 0.2) is 158 Å². The van der Waals surface area contributed by atoms with Crippen LogP contribution in [0.2, 0.25) is 0 Å². The number of aromatic nitrogens is 2. The second kappa shape index (κ2) is 25.8. The first-order valence-corrected chi connectivity index (χ1v) is 22.8. The van der Waals surface area contributed by atoms with E-state index in [1.807, 2.05) is 97.1 Å². The third kappa shape index (κ3) is 16.0. The van der Waals surface area contributed by atoms with Crippen LogP contribution in [0.1, 0.15) is 71.4 Å². The molecule has 2 aliphatic rings. The highest BCUT2D eigenvalue weighted by Gasteiger charge is 2.28. The van der Waals surface area contributed by atoms with Gasteiger partial charge in [-0.05, 0) is 125 Å². The van der Waals surface area contributed by atoms with E-state index in [1.165, 1.54) is 11.1 Å². The molecule has 11 heteroatoms. The average molecular weight is 877 g/mol. The number of nitrogens with zero attached hydrogens (tertiary/aromatic N) is 4. The van der Waals surface area contributed by atoms with E-state index in [4.69, 9.17) is 20.3 Å². The molecule has 2 unspecified atom stereocenters. The molecule has 2 saturated heterocycles. The molecule has 2 fully saturated rings. The lowest BCUT2D eigenvalue weighted by molar-refractivity contribution is -0.143. The molecular weight excluding hydrogens is 813 g/mol. The number of hydrogen-bond donors (Lipinski definition) is 3. The van der Waals surface area contributed by atoms with Gasteiger partial charge in [-0.3, -0.25) is 29.4 Å². The van der Waals surface area contributed by atoms with Gasteiger partial charge in [0.1, 0.15) is 24.7 Å². The molecule has 2 atom stereocenters. The number of benzene rings is 4. The number of hydrogen-bond acceptors (Lipinski definition) is 9. The monoisotopic (exact) mass is 876 g/mol. The summed E-state index contributed by atoms with van der Waals surface area (Å²) in [5, 5.41) is 12.2. The number of nitrogens with two attached hydrogens (primary N) is 1. The van der Waals surface area contributed by atoms with E-state index >= 15 is 0 Å². The standard InChI is InChI=1S/C27H31N3O2.C14H19NO3.C13H14N2/c1-21-10-12-22(13-11-21)26(25-9-5-6-16-28-25)29-27(31)23-14-17-30(18-15-23)19-20-32-24-7-3-2-4-8-24;16-14(17)12-6-8-15(9-7-12)10-11-18-13-4-2-1-3-5-13;1-10-5-7-11(8-6-10)13(14)12-4-2-3-9-15-12/h2-13,16,23,26H,14-15,17-20H2,1H3,(H,29,31);1-5,12H,6-11H2,(H,16,17);2-9,13H,14H2,1H3. The summed E-state index contributed by atoms with van der Waals surface area (Å²) in [5.41, 5.74) is 12.5. The van der Waals surface area contributed by atoms with Crippen molar-refractivity contribution >= 4 is 11.9 Å². The van der Waals surface area contributed by atoms with Gasteiger partial charge in [-0.15, -0.1) is 0 Å². The van der Waals surface area contributed by atoms with Gasteiger partial charge in [0.15, 0.2) is 0 Å². The Labute approximate surface area is 384 Å². The van der Waals surface area contributed by atoms with Crippen molar-refractivity contribution in [2.24, 2.45) is 17.6 Å². The van der Waals surface area contributed by atoms with Gasteiger partial charge < -0.3 is 25.6 Å². The molecule has 0 spiro atoms. The van der Waals surface area contributed by atoms with Crippen LogP contribution in [0.25, 0.3) is 0 Å². The Morgan fingerprint density at radius 1 is 0.600 bits per heavy atom. The number of piperidine rings is 2. The van der Waals surface area contributed by atoms with Crippen LogP contribution in [0, 0.1) is 25.7 Å². The van der Waals surface area contributed by atoms with E-state index in [9.17, 15) is 9.59 Å². The number of nitrogens with one attached hydrogen (secondary N) is 1. The summed E-state index contributed by atoms with van der Waals surface area (Å²) >= 11 is 0. The molecule has 0 aliphatic carbocycles. The fourth-order valence-electron chi connectivity index (χ4n) is 7.84. The second-order valence-corrected chi connectivity index (χ2v) is 16.6. The number of carbonyl (C=O) groups excluding carboxylic acids is 1. The molecule has 0 saturated carbocycles. The van der Waals surface area contributed by atoms with Crippen molar-refractivity contribution in [1.29, 1.82) is 0 Å². The van der Waals surface area contributed by atoms with Crippen LogP contribution < -0.4 is 20.5 Å². The van der Waals surface area contributed by atoms with E-state index in [2.05, 4.69) is 87.5 Å². The van der Waals surface area contributed by atoms with Crippen molar-refractivity contribution in [3.63, 3.8) is 0 Å². The number of rotatable bonds is 15. The van der Waals surface area contributed by atoms with E-state index in [0.717, 1.165) is 99.0 Å². The number of likely N-dealkylation sites (tertiary alicyclic amines) is 2. The van der Waals surface area contributed by atoms with Crippen molar-refractivity contribution in [3.05, 3.63) is 192 Å². The van der Waals surface area contributed by atoms with Crippen LogP contribution in [-0.4, -0.2) is 89.2 Å². The molecule has 4 N–H and O–H groups in total. The molecule has 65 heavy (non-hydrogen) atoms. The van der Waals surface area contributed by atoms with Gasteiger partial charge in [0.2, 0.25) is 5.91 Å². The highest BCUT2D eigenvalue weighted by Crippen LogP contribution is 2.25. The highest BCUT2D eigenvalue weighted by molar-refractivity contribution is 5.79. The minimum atomic E-state index is -0.657. The third-order valence-corrected chi connectivity index (χ3v) is 11.9. The van der Waals surface area contributed by atoms with Crippen molar-refractivity contribution in [2.75, 3.05) is 52.5 Å². The van der Waals surface area contributed by atoms with Crippen molar-refractivity contribution in [1.82, 2.24) is 25.1 Å². The van der Waals surface area contributed by atoms with Crippen LogP contribution in [0.4, 0.5) is 0 Å². The van der Waals surface area contributed by atoms with Gasteiger partial charge in [0.05, 0.1) is 29.4 Å². The van der Waals surface area contributed by atoms with E-state index in [-0.39, 0.29) is 29.8 Å². The number of carboxylic acid groups (broad SMARTS) is 1. The molecule has 0 bridgehead atoms. The number of aliphatic carboxylic acids is 1. The predicted molar refractivity (Wildman–Crippen MR) is 257 cm³/mol. The van der Waals surface area contributed by atoms with Crippen LogP contribution >= 0.6 is 0 Å². The van der Waals surface area contributed by atoms with Crippen LogP contribution in [0.3, 0.4) is 0 Å². The van der Waals surface area contributed by atoms with Gasteiger partial charge >= 0.3 is 5.97 Å². The second-order valence-electron chi connectivity index (χ2n) is 16.6. The topological polar surface area (TPSA) is 143 Å². The summed E-state index contributed by atoms with van der Waals surface area (Å²) in [5.74, 6) is 1.11. The molecule has 4 heterocycles.